The molecule has 2 saturated carbocycles. The summed E-state index contributed by atoms with van der Waals surface area (Å²) in [6, 6.07) is 14.9. The predicted molar refractivity (Wildman–Crippen MR) is 208 cm³/mol. The summed E-state index contributed by atoms with van der Waals surface area (Å²) in [5, 5.41) is 19.2. The van der Waals surface area contributed by atoms with E-state index in [9.17, 15) is 18.3 Å². The van der Waals surface area contributed by atoms with E-state index in [1.807, 2.05) is 44.2 Å². The zero-order valence-corrected chi connectivity index (χ0v) is 33.0. The second kappa shape index (κ2) is 16.3. The Morgan fingerprint density at radius 3 is 2.56 bits per heavy atom. The molecule has 294 valence electrons. The third-order valence-electron chi connectivity index (χ3n) is 12.3. The van der Waals surface area contributed by atoms with Crippen LogP contribution in [0.15, 0.2) is 53.4 Å². The molecule has 3 aliphatic heterocycles. The van der Waals surface area contributed by atoms with Crippen LogP contribution < -0.4 is 10.6 Å². The van der Waals surface area contributed by atoms with Crippen LogP contribution in [0, 0.1) is 23.7 Å². The average Bonchev–Trinajstić information content (AvgIpc) is 3.96. The van der Waals surface area contributed by atoms with E-state index in [0.29, 0.717) is 25.7 Å². The molecule has 8 rings (SSSR count). The second-order valence-electron chi connectivity index (χ2n) is 16.5. The van der Waals surface area contributed by atoms with Gasteiger partial charge in [0.05, 0.1) is 40.5 Å². The molecule has 5 aliphatic rings. The van der Waals surface area contributed by atoms with Gasteiger partial charge in [0, 0.05) is 56.0 Å². The van der Waals surface area contributed by atoms with E-state index in [2.05, 4.69) is 15.5 Å². The lowest BCUT2D eigenvalue weighted by Crippen LogP contribution is -2.52. The topological polar surface area (TPSA) is 143 Å². The van der Waals surface area contributed by atoms with Crippen molar-refractivity contribution in [1.82, 2.24) is 19.5 Å². The fourth-order valence-corrected chi connectivity index (χ4v) is 12.2. The number of aliphatic hydroxyl groups is 1. The Hall–Kier alpha value is -2.85. The molecule has 54 heavy (non-hydrogen) atoms. The van der Waals surface area contributed by atoms with E-state index >= 15 is 0 Å². The number of aromatic nitrogens is 1. The number of sulfonamides is 1. The molecule has 7 atom stereocenters. The van der Waals surface area contributed by atoms with Crippen molar-refractivity contribution < 1.29 is 32.5 Å². The molecule has 5 fully saturated rings. The van der Waals surface area contributed by atoms with Gasteiger partial charge in [-0.15, -0.1) is 0 Å². The normalized spacial score (nSPS) is 27.5. The van der Waals surface area contributed by atoms with Gasteiger partial charge < -0.3 is 34.9 Å². The minimum absolute atomic E-state index is 0.0121. The molecule has 0 spiro atoms. The van der Waals surface area contributed by atoms with Crippen molar-refractivity contribution in [2.45, 2.75) is 107 Å². The molecule has 4 heterocycles. The van der Waals surface area contributed by atoms with Gasteiger partial charge in [-0.25, -0.2) is 18.2 Å². The maximum absolute atomic E-state index is 14.4. The highest BCUT2D eigenvalue weighted by molar-refractivity contribution is 7.89. The van der Waals surface area contributed by atoms with Crippen LogP contribution in [0.5, 0.6) is 0 Å². The lowest BCUT2D eigenvalue weighted by atomic mass is 9.98. The van der Waals surface area contributed by atoms with Crippen LogP contribution in [0.3, 0.4) is 0 Å². The van der Waals surface area contributed by atoms with Gasteiger partial charge in [-0.05, 0) is 68.2 Å². The van der Waals surface area contributed by atoms with Gasteiger partial charge in [-0.3, -0.25) is 0 Å². The first-order valence-corrected chi connectivity index (χ1v) is 22.2. The van der Waals surface area contributed by atoms with Crippen LogP contribution in [-0.2, 0) is 30.7 Å². The molecular formula is C40H55N5O7S2. The summed E-state index contributed by atoms with van der Waals surface area (Å²) in [5.41, 5.74) is 1.65. The number of ether oxygens (including phenoxy) is 3. The van der Waals surface area contributed by atoms with Gasteiger partial charge in [-0.1, -0.05) is 68.4 Å². The number of thiazole rings is 1. The molecule has 2 aromatic carbocycles. The highest BCUT2D eigenvalue weighted by atomic mass is 32.2. The molecule has 2 bridgehead atoms. The van der Waals surface area contributed by atoms with Crippen molar-refractivity contribution in [3.63, 3.8) is 0 Å². The maximum Gasteiger partial charge on any atom is 0.407 e. The summed E-state index contributed by atoms with van der Waals surface area (Å²) < 4.78 is 48.5. The third-order valence-corrected chi connectivity index (χ3v) is 15.0. The monoisotopic (exact) mass is 781 g/mol. The molecule has 12 nitrogen and oxygen atoms in total. The number of carbonyl (C=O) groups is 1. The summed E-state index contributed by atoms with van der Waals surface area (Å²) in [5.74, 6) is 0.400. The van der Waals surface area contributed by atoms with Gasteiger partial charge in [0.25, 0.3) is 0 Å². The van der Waals surface area contributed by atoms with Gasteiger partial charge >= 0.3 is 6.09 Å². The Labute approximate surface area is 323 Å². The number of anilines is 1. The van der Waals surface area contributed by atoms with Crippen molar-refractivity contribution in [3.05, 3.63) is 54.1 Å². The lowest BCUT2D eigenvalue weighted by molar-refractivity contribution is -0.169. The summed E-state index contributed by atoms with van der Waals surface area (Å²) in [4.78, 5) is 21.1. The molecule has 14 heteroatoms. The van der Waals surface area contributed by atoms with E-state index in [0.717, 1.165) is 59.3 Å². The van der Waals surface area contributed by atoms with E-state index in [4.69, 9.17) is 19.2 Å². The Balaban J connectivity index is 0.953. The van der Waals surface area contributed by atoms with E-state index in [1.54, 1.807) is 18.2 Å². The van der Waals surface area contributed by atoms with E-state index < -0.39 is 28.3 Å². The van der Waals surface area contributed by atoms with Crippen molar-refractivity contribution in [3.8, 4) is 0 Å². The highest BCUT2D eigenvalue weighted by Gasteiger charge is 2.56. The zero-order valence-electron chi connectivity index (χ0n) is 31.3. The Kier molecular flexibility index (Phi) is 11.5. The quantitative estimate of drug-likeness (QED) is 0.193. The minimum Gasteiger partial charge on any atom is -0.445 e. The third kappa shape index (κ3) is 8.30. The molecule has 1 aromatic heterocycles. The number of alkyl carbamates (subject to hydrolysis) is 1. The van der Waals surface area contributed by atoms with Gasteiger partial charge in [0.2, 0.25) is 10.0 Å². The van der Waals surface area contributed by atoms with Crippen molar-refractivity contribution in [2.75, 3.05) is 44.7 Å². The predicted octanol–water partition coefficient (Wildman–Crippen LogP) is 5.47. The van der Waals surface area contributed by atoms with E-state index in [1.165, 1.54) is 41.3 Å². The van der Waals surface area contributed by atoms with Crippen LogP contribution in [0.25, 0.3) is 10.2 Å². The van der Waals surface area contributed by atoms with E-state index in [-0.39, 0.29) is 54.1 Å². The Morgan fingerprint density at radius 1 is 1.04 bits per heavy atom. The summed E-state index contributed by atoms with van der Waals surface area (Å²) in [6.45, 7) is 7.08. The molecular weight excluding hydrogens is 727 g/mol. The zero-order chi connectivity index (χ0) is 37.4. The van der Waals surface area contributed by atoms with Crippen LogP contribution in [0.1, 0.15) is 64.4 Å². The van der Waals surface area contributed by atoms with Gasteiger partial charge in [0.15, 0.2) is 11.4 Å². The molecule has 1 amide bonds. The number of aliphatic hydroxyl groups excluding tert-OH is 1. The lowest BCUT2D eigenvalue weighted by Gasteiger charge is -2.36. The molecule has 3 saturated heterocycles. The number of hydrogen-bond donors (Lipinski definition) is 3. The summed E-state index contributed by atoms with van der Waals surface area (Å²) in [7, 11) is -4.03. The number of rotatable bonds is 14. The number of likely N-dealkylation sites (tertiary alicyclic amines) is 1. The number of amides is 1. The fraction of sp³-hybridized carbons (Fsp3) is 0.650. The largest absolute Gasteiger partial charge is 0.445 e. The standard InChI is InChI=1S/C40H55N5O7S2/c1-25(2)21-45(54(48,49)30-12-13-33-36(20-30)53-39(42-33)41-28-14-16-44(17-15-28)29-10-6-7-11-29)22-35(46)34(18-26-8-4-3-5-9-26)43-40(47)52-37-27-19-31-32(37)24-51-38(31)50-23-27/h3-5,8-9,12-13,20,25,27-29,31-32,34-35,37-38,46H,6-7,10-11,14-19,21-24H2,1-2H3,(H,41,42)(H,43,47)/t27?,31?,32?,34-,35+,37?,38?/m0/s1. The Morgan fingerprint density at radius 2 is 1.80 bits per heavy atom. The number of nitrogens with one attached hydrogen (secondary N) is 2. The molecule has 5 unspecified atom stereocenters. The number of benzene rings is 2. The number of piperidine rings is 1. The second-order valence-corrected chi connectivity index (χ2v) is 19.5. The SMILES string of the molecule is CC(C)CN(C[C@@H](O)[C@H](Cc1ccccc1)NC(=O)OC1C2COC3OCC1C3C2)S(=O)(=O)c1ccc2nc(NC3CCN(C4CCCC4)CC3)sc2c1. The molecule has 2 aliphatic carbocycles. The first-order valence-electron chi connectivity index (χ1n) is 19.9. The number of nitrogens with zero attached hydrogens (tertiary/aromatic N) is 3. The molecule has 3 aromatic rings. The van der Waals surface area contributed by atoms with Crippen LogP contribution in [-0.4, -0.2) is 110 Å². The minimum atomic E-state index is -4.03. The van der Waals surface area contributed by atoms with Crippen LogP contribution in [0.2, 0.25) is 0 Å². The van der Waals surface area contributed by atoms with Crippen molar-refractivity contribution in [2.24, 2.45) is 23.7 Å². The fourth-order valence-electron chi connectivity index (χ4n) is 9.45. The highest BCUT2D eigenvalue weighted by Crippen LogP contribution is 2.49. The van der Waals surface area contributed by atoms with Crippen LogP contribution >= 0.6 is 11.3 Å². The number of hydrogen-bond acceptors (Lipinski definition) is 11. The van der Waals surface area contributed by atoms with Crippen LogP contribution in [0.4, 0.5) is 9.93 Å². The smallest absolute Gasteiger partial charge is 0.407 e. The number of fused-ring (bicyclic) bond motifs is 2. The summed E-state index contributed by atoms with van der Waals surface area (Å²) in [6.07, 6.45) is 6.26. The first kappa shape index (κ1) is 38.0. The van der Waals surface area contributed by atoms with Gasteiger partial charge in [-0.2, -0.15) is 4.31 Å². The van der Waals surface area contributed by atoms with Gasteiger partial charge in [0.1, 0.15) is 6.10 Å². The maximum atomic E-state index is 14.4. The summed E-state index contributed by atoms with van der Waals surface area (Å²) >= 11 is 1.48. The molecule has 3 N–H and O–H groups in total. The molecule has 0 radical (unpaired) electrons. The average molecular weight is 782 g/mol. The Bertz CT molecular complexity index is 1850. The van der Waals surface area contributed by atoms with Crippen molar-refractivity contribution >= 4 is 42.8 Å². The first-order chi connectivity index (χ1) is 26.1. The van der Waals surface area contributed by atoms with Crippen molar-refractivity contribution in [1.29, 1.82) is 0 Å². The number of carbonyl (C=O) groups excluding carboxylic acids is 1.